The first-order valence-electron chi connectivity index (χ1n) is 12.8. The Balaban J connectivity index is 1.36. The van der Waals surface area contributed by atoms with Crippen molar-refractivity contribution in [2.75, 3.05) is 31.2 Å². The lowest BCUT2D eigenvalue weighted by atomic mass is 9.77. The van der Waals surface area contributed by atoms with Gasteiger partial charge >= 0.3 is 7.12 Å². The molecule has 35 heavy (non-hydrogen) atoms. The van der Waals surface area contributed by atoms with E-state index in [1.807, 2.05) is 4.90 Å². The van der Waals surface area contributed by atoms with Gasteiger partial charge in [-0.25, -0.2) is 0 Å². The summed E-state index contributed by atoms with van der Waals surface area (Å²) in [4.78, 5) is 16.5. The highest BCUT2D eigenvalue weighted by atomic mass is 16.7. The molecule has 0 N–H and O–H groups in total. The van der Waals surface area contributed by atoms with Crippen molar-refractivity contribution < 1.29 is 18.8 Å². The number of fused-ring (bicyclic) bond motifs is 2. The summed E-state index contributed by atoms with van der Waals surface area (Å²) < 4.78 is 20.3. The van der Waals surface area contributed by atoms with E-state index in [1.165, 1.54) is 22.5 Å². The zero-order valence-electron chi connectivity index (χ0n) is 21.5. The molecule has 1 aromatic carbocycles. The van der Waals surface area contributed by atoms with Crippen molar-refractivity contribution in [1.29, 1.82) is 0 Å². The lowest BCUT2D eigenvalue weighted by Crippen LogP contribution is -2.41. The van der Waals surface area contributed by atoms with Gasteiger partial charge in [0.2, 0.25) is 5.91 Å². The number of hydrogen-bond acceptors (Lipinski definition) is 6. The molecular formula is C26H35BN4O4. The van der Waals surface area contributed by atoms with E-state index in [0.717, 1.165) is 43.6 Å². The maximum atomic E-state index is 12.2. The predicted octanol–water partition coefficient (Wildman–Crippen LogP) is 2.74. The third-order valence-corrected chi connectivity index (χ3v) is 8.48. The molecule has 0 aliphatic carbocycles. The van der Waals surface area contributed by atoms with E-state index in [1.54, 1.807) is 6.92 Å². The van der Waals surface area contributed by atoms with Crippen LogP contribution in [0.1, 0.15) is 63.9 Å². The van der Waals surface area contributed by atoms with Gasteiger partial charge in [-0.1, -0.05) is 12.1 Å². The zero-order valence-corrected chi connectivity index (χ0v) is 21.5. The molecule has 8 nitrogen and oxygen atoms in total. The second-order valence-electron chi connectivity index (χ2n) is 11.3. The van der Waals surface area contributed by atoms with E-state index in [-0.39, 0.29) is 30.3 Å². The van der Waals surface area contributed by atoms with Crippen LogP contribution in [0.2, 0.25) is 0 Å². The Hall–Kier alpha value is -2.36. The maximum Gasteiger partial charge on any atom is 0.494 e. The highest BCUT2D eigenvalue weighted by Crippen LogP contribution is 2.40. The number of ether oxygens (including phenoxy) is 1. The summed E-state index contributed by atoms with van der Waals surface area (Å²) in [7, 11) is -0.365. The Morgan fingerprint density at radius 2 is 1.83 bits per heavy atom. The summed E-state index contributed by atoms with van der Waals surface area (Å²) in [6.07, 6.45) is 2.89. The number of aromatic nitrogens is 2. The number of aryl methyl sites for hydroxylation is 1. The Kier molecular flexibility index (Phi) is 5.33. The average Bonchev–Trinajstić information content (AvgIpc) is 3.24. The van der Waals surface area contributed by atoms with Gasteiger partial charge in [-0.05, 0) is 57.6 Å². The van der Waals surface area contributed by atoms with E-state index in [0.29, 0.717) is 19.8 Å². The molecule has 0 unspecified atom stereocenters. The quantitative estimate of drug-likeness (QED) is 0.633. The molecule has 0 radical (unpaired) electrons. The van der Waals surface area contributed by atoms with Gasteiger partial charge in [0.25, 0.3) is 0 Å². The molecule has 0 spiro atoms. The number of carbonyl (C=O) groups excluding carboxylic acids is 1. The van der Waals surface area contributed by atoms with Crippen LogP contribution in [-0.2, 0) is 38.2 Å². The van der Waals surface area contributed by atoms with Gasteiger partial charge in [0.05, 0.1) is 37.0 Å². The minimum absolute atomic E-state index is 0.118. The van der Waals surface area contributed by atoms with Crippen LogP contribution in [0.3, 0.4) is 0 Å². The lowest BCUT2D eigenvalue weighted by molar-refractivity contribution is -0.129. The first-order chi connectivity index (χ1) is 16.6. The van der Waals surface area contributed by atoms with E-state index >= 15 is 0 Å². The lowest BCUT2D eigenvalue weighted by Gasteiger charge is -2.33. The molecule has 6 rings (SSSR count). The van der Waals surface area contributed by atoms with E-state index < -0.39 is 0 Å². The molecular weight excluding hydrogens is 443 g/mol. The SMILES string of the molecule is CC(=O)N1CCc2c(c(N3CCCc4cc(B5OC(C)(C)C(C)(C)O5)ccc43)nn2C2COC2)C1. The fraction of sp³-hybridized carbons (Fsp3) is 0.615. The minimum atomic E-state index is -0.365. The standard InChI is InChI=1S/C26H35BN4O4/c1-17(32)29-12-10-23-21(14-29)24(28-31(23)20-15-33-16-20)30-11-6-7-18-13-19(8-9-22(18)30)27-34-25(2,3)26(4,5)35-27/h8-9,13,20H,6-7,10-12,14-16H2,1-5H3. The minimum Gasteiger partial charge on any atom is -0.399 e. The third-order valence-electron chi connectivity index (χ3n) is 8.48. The van der Waals surface area contributed by atoms with Gasteiger partial charge < -0.3 is 23.8 Å². The van der Waals surface area contributed by atoms with Gasteiger partial charge in [0.1, 0.15) is 0 Å². The third kappa shape index (κ3) is 3.70. The molecule has 2 fully saturated rings. The van der Waals surface area contributed by atoms with E-state index in [2.05, 4.69) is 55.5 Å². The number of hydrogen-bond donors (Lipinski definition) is 0. The summed E-state index contributed by atoms with van der Waals surface area (Å²) in [6.45, 7) is 13.7. The van der Waals surface area contributed by atoms with Crippen molar-refractivity contribution in [3.05, 3.63) is 35.0 Å². The molecule has 0 bridgehead atoms. The smallest absolute Gasteiger partial charge is 0.399 e. The van der Waals surface area contributed by atoms with Crippen molar-refractivity contribution in [1.82, 2.24) is 14.7 Å². The average molecular weight is 478 g/mol. The number of carbonyl (C=O) groups is 1. The first kappa shape index (κ1) is 23.1. The van der Waals surface area contributed by atoms with Gasteiger partial charge in [0, 0.05) is 43.4 Å². The number of anilines is 2. The van der Waals surface area contributed by atoms with Crippen LogP contribution in [0.4, 0.5) is 11.5 Å². The van der Waals surface area contributed by atoms with Gasteiger partial charge in [0.15, 0.2) is 5.82 Å². The number of nitrogens with zero attached hydrogens (tertiary/aromatic N) is 4. The highest BCUT2D eigenvalue weighted by molar-refractivity contribution is 6.62. The van der Waals surface area contributed by atoms with Crippen molar-refractivity contribution in [2.45, 2.75) is 77.7 Å². The summed E-state index contributed by atoms with van der Waals surface area (Å²) >= 11 is 0. The molecule has 2 saturated heterocycles. The van der Waals surface area contributed by atoms with Crippen LogP contribution in [0, 0.1) is 0 Å². The second kappa shape index (κ2) is 8.08. The van der Waals surface area contributed by atoms with Crippen molar-refractivity contribution in [3.63, 3.8) is 0 Å². The van der Waals surface area contributed by atoms with Crippen LogP contribution < -0.4 is 10.4 Å². The van der Waals surface area contributed by atoms with Crippen LogP contribution in [0.5, 0.6) is 0 Å². The molecule has 186 valence electrons. The predicted molar refractivity (Wildman–Crippen MR) is 134 cm³/mol. The summed E-state index contributed by atoms with van der Waals surface area (Å²) in [5, 5.41) is 5.14. The summed E-state index contributed by atoms with van der Waals surface area (Å²) in [5.74, 6) is 1.11. The normalized spacial score (nSPS) is 23.2. The second-order valence-corrected chi connectivity index (χ2v) is 11.3. The van der Waals surface area contributed by atoms with Crippen LogP contribution in [0.15, 0.2) is 18.2 Å². The largest absolute Gasteiger partial charge is 0.494 e. The molecule has 0 saturated carbocycles. The van der Waals surface area contributed by atoms with E-state index in [9.17, 15) is 4.79 Å². The van der Waals surface area contributed by atoms with E-state index in [4.69, 9.17) is 19.1 Å². The fourth-order valence-electron chi connectivity index (χ4n) is 5.54. The Bertz CT molecular complexity index is 1160. The fourth-order valence-corrected chi connectivity index (χ4v) is 5.54. The number of rotatable bonds is 3. The van der Waals surface area contributed by atoms with Gasteiger partial charge in [-0.15, -0.1) is 0 Å². The monoisotopic (exact) mass is 478 g/mol. The maximum absolute atomic E-state index is 12.2. The first-order valence-corrected chi connectivity index (χ1v) is 12.8. The molecule has 0 atom stereocenters. The van der Waals surface area contributed by atoms with Gasteiger partial charge in [-0.2, -0.15) is 5.10 Å². The molecule has 4 aliphatic rings. The van der Waals surface area contributed by atoms with Crippen molar-refractivity contribution >= 4 is 30.0 Å². The molecule has 1 aromatic heterocycles. The Morgan fingerprint density at radius 3 is 2.49 bits per heavy atom. The molecule has 1 amide bonds. The number of benzene rings is 1. The van der Waals surface area contributed by atoms with Crippen LogP contribution in [-0.4, -0.2) is 65.2 Å². The Morgan fingerprint density at radius 1 is 1.09 bits per heavy atom. The zero-order chi connectivity index (χ0) is 24.5. The van der Waals surface area contributed by atoms with Crippen molar-refractivity contribution in [2.24, 2.45) is 0 Å². The molecule has 2 aromatic rings. The van der Waals surface area contributed by atoms with Crippen LogP contribution in [0.25, 0.3) is 0 Å². The topological polar surface area (TPSA) is 69.1 Å². The molecule has 5 heterocycles. The van der Waals surface area contributed by atoms with Crippen molar-refractivity contribution in [3.8, 4) is 0 Å². The summed E-state index contributed by atoms with van der Waals surface area (Å²) in [5.41, 5.74) is 5.25. The number of amides is 1. The molecule has 9 heteroatoms. The Labute approximate surface area is 207 Å². The van der Waals surface area contributed by atoms with Gasteiger partial charge in [-0.3, -0.25) is 9.48 Å². The van der Waals surface area contributed by atoms with Crippen LogP contribution >= 0.6 is 0 Å². The summed E-state index contributed by atoms with van der Waals surface area (Å²) in [6, 6.07) is 6.86. The molecule has 4 aliphatic heterocycles. The highest BCUT2D eigenvalue weighted by Gasteiger charge is 2.51.